The Balaban J connectivity index is 1.60. The first-order valence-corrected chi connectivity index (χ1v) is 6.91. The summed E-state index contributed by atoms with van der Waals surface area (Å²) in [5.74, 6) is 0.394. The number of H-pyrrole nitrogens is 1. The molecule has 1 saturated heterocycles. The number of amides is 1. The zero-order valence-electron chi connectivity index (χ0n) is 11.1. The molecule has 0 aromatic carbocycles. The molecule has 7 nitrogen and oxygen atoms in total. The van der Waals surface area contributed by atoms with E-state index in [2.05, 4.69) is 15.4 Å². The maximum Gasteiger partial charge on any atom is 0.282 e. The number of nitrogens with zero attached hydrogens (tertiary/aromatic N) is 1. The minimum atomic E-state index is -0.602. The smallest absolute Gasteiger partial charge is 0.282 e. The first kappa shape index (κ1) is 13.3. The molecule has 3 rings (SSSR count). The van der Waals surface area contributed by atoms with Crippen molar-refractivity contribution in [2.45, 2.75) is 44.3 Å². The van der Waals surface area contributed by atoms with E-state index in [-0.39, 0.29) is 5.56 Å². The number of aromatic nitrogens is 2. The molecule has 0 spiro atoms. The number of rotatable bonds is 4. The summed E-state index contributed by atoms with van der Waals surface area (Å²) in [6, 6.07) is 0. The molecule has 0 radical (unpaired) electrons. The van der Waals surface area contributed by atoms with Gasteiger partial charge in [0.1, 0.15) is 11.4 Å². The van der Waals surface area contributed by atoms with Gasteiger partial charge >= 0.3 is 0 Å². The van der Waals surface area contributed by atoms with Crippen LogP contribution in [-0.2, 0) is 9.57 Å². The lowest BCUT2D eigenvalue weighted by molar-refractivity contribution is -0.186. The lowest BCUT2D eigenvalue weighted by atomic mass is 10.2. The van der Waals surface area contributed by atoms with Crippen molar-refractivity contribution in [2.75, 3.05) is 6.61 Å². The number of ether oxygens (including phenoxy) is 1. The summed E-state index contributed by atoms with van der Waals surface area (Å²) in [4.78, 5) is 35.6. The largest absolute Gasteiger partial charge is 0.350 e. The fourth-order valence-electron chi connectivity index (χ4n) is 2.11. The molecular formula is C13H17N3O4. The second kappa shape index (κ2) is 5.72. The van der Waals surface area contributed by atoms with Gasteiger partial charge in [0.05, 0.1) is 0 Å². The molecule has 1 unspecified atom stereocenters. The van der Waals surface area contributed by atoms with Crippen LogP contribution < -0.4 is 11.0 Å². The summed E-state index contributed by atoms with van der Waals surface area (Å²) >= 11 is 0. The number of hydrogen-bond donors (Lipinski definition) is 2. The highest BCUT2D eigenvalue weighted by Gasteiger charge is 2.27. The predicted molar refractivity (Wildman–Crippen MR) is 69.0 cm³/mol. The van der Waals surface area contributed by atoms with Crippen molar-refractivity contribution >= 4 is 5.91 Å². The van der Waals surface area contributed by atoms with Gasteiger partial charge in [-0.2, -0.15) is 0 Å². The highest BCUT2D eigenvalue weighted by molar-refractivity contribution is 5.92. The number of carbonyl (C=O) groups excluding carboxylic acids is 1. The Hall–Kier alpha value is -1.73. The minimum absolute atomic E-state index is 0.0507. The zero-order valence-corrected chi connectivity index (χ0v) is 11.1. The first-order chi connectivity index (χ1) is 9.74. The molecule has 1 saturated carbocycles. The minimum Gasteiger partial charge on any atom is -0.350 e. The van der Waals surface area contributed by atoms with Gasteiger partial charge in [-0.1, -0.05) is 0 Å². The summed E-state index contributed by atoms with van der Waals surface area (Å²) in [5, 5.41) is 0. The monoisotopic (exact) mass is 279 g/mol. The van der Waals surface area contributed by atoms with Crippen molar-refractivity contribution < 1.29 is 14.4 Å². The lowest BCUT2D eigenvalue weighted by Crippen LogP contribution is -2.35. The predicted octanol–water partition coefficient (Wildman–Crippen LogP) is 0.835. The van der Waals surface area contributed by atoms with Crippen molar-refractivity contribution in [3.63, 3.8) is 0 Å². The van der Waals surface area contributed by atoms with Crippen LogP contribution in [0.25, 0.3) is 0 Å². The van der Waals surface area contributed by atoms with Crippen molar-refractivity contribution in [3.8, 4) is 0 Å². The van der Waals surface area contributed by atoms with E-state index < -0.39 is 17.8 Å². The van der Waals surface area contributed by atoms with E-state index in [4.69, 9.17) is 9.57 Å². The van der Waals surface area contributed by atoms with Crippen LogP contribution >= 0.6 is 0 Å². The van der Waals surface area contributed by atoms with Gasteiger partial charge in [-0.15, -0.1) is 0 Å². The van der Waals surface area contributed by atoms with Crippen LogP contribution in [0.2, 0.25) is 0 Å². The van der Waals surface area contributed by atoms with Gasteiger partial charge in [0, 0.05) is 25.1 Å². The maximum absolute atomic E-state index is 11.9. The molecule has 1 aliphatic carbocycles. The highest BCUT2D eigenvalue weighted by atomic mass is 16.8. The van der Waals surface area contributed by atoms with Crippen LogP contribution in [-0.4, -0.2) is 28.8 Å². The van der Waals surface area contributed by atoms with Gasteiger partial charge in [0.25, 0.3) is 11.5 Å². The average Bonchev–Trinajstić information content (AvgIpc) is 3.30. The molecular weight excluding hydrogens is 262 g/mol. The topological polar surface area (TPSA) is 93.3 Å². The van der Waals surface area contributed by atoms with Gasteiger partial charge in [-0.05, 0) is 25.7 Å². The SMILES string of the molecule is O=C(NOC1CCCCO1)c1cnc(C2CC2)[nH]c1=O. The quantitative estimate of drug-likeness (QED) is 0.796. The van der Waals surface area contributed by atoms with Crippen LogP contribution in [0.4, 0.5) is 0 Å². The average molecular weight is 279 g/mol. The van der Waals surface area contributed by atoms with Crippen LogP contribution in [0.15, 0.2) is 11.0 Å². The van der Waals surface area contributed by atoms with E-state index in [1.54, 1.807) is 0 Å². The van der Waals surface area contributed by atoms with Crippen molar-refractivity contribution in [2.24, 2.45) is 0 Å². The lowest BCUT2D eigenvalue weighted by Gasteiger charge is -2.21. The van der Waals surface area contributed by atoms with Crippen molar-refractivity contribution in [3.05, 3.63) is 27.9 Å². The summed E-state index contributed by atoms with van der Waals surface area (Å²) in [5.41, 5.74) is 1.76. The van der Waals surface area contributed by atoms with Gasteiger partial charge in [-0.25, -0.2) is 15.3 Å². The number of carbonyl (C=O) groups is 1. The molecule has 2 fully saturated rings. The molecule has 108 valence electrons. The fourth-order valence-corrected chi connectivity index (χ4v) is 2.11. The van der Waals surface area contributed by atoms with Crippen LogP contribution in [0.3, 0.4) is 0 Å². The molecule has 1 aromatic heterocycles. The summed E-state index contributed by atoms with van der Waals surface area (Å²) in [7, 11) is 0. The number of hydroxylamine groups is 1. The Bertz CT molecular complexity index is 547. The maximum atomic E-state index is 11.9. The molecule has 1 amide bonds. The van der Waals surface area contributed by atoms with Crippen molar-refractivity contribution in [1.29, 1.82) is 0 Å². The van der Waals surface area contributed by atoms with Crippen molar-refractivity contribution in [1.82, 2.24) is 15.4 Å². The Kier molecular flexibility index (Phi) is 3.79. The van der Waals surface area contributed by atoms with Gasteiger partial charge < -0.3 is 9.72 Å². The normalized spacial score (nSPS) is 22.5. The Morgan fingerprint density at radius 1 is 1.40 bits per heavy atom. The molecule has 1 aliphatic heterocycles. The van der Waals surface area contributed by atoms with Gasteiger partial charge in [0.2, 0.25) is 0 Å². The summed E-state index contributed by atoms with van der Waals surface area (Å²) in [6.45, 7) is 0.624. The molecule has 7 heteroatoms. The third-order valence-electron chi connectivity index (χ3n) is 3.45. The standard InChI is InChI=1S/C13H17N3O4/c17-12-9(7-14-11(15-12)8-4-5-8)13(18)16-20-10-3-1-2-6-19-10/h7-8,10H,1-6H2,(H,16,18)(H,14,15,17). The third kappa shape index (κ3) is 3.05. The number of nitrogens with one attached hydrogen (secondary N) is 2. The second-order valence-electron chi connectivity index (χ2n) is 5.13. The Morgan fingerprint density at radius 2 is 2.25 bits per heavy atom. The van der Waals surface area contributed by atoms with E-state index >= 15 is 0 Å². The van der Waals surface area contributed by atoms with E-state index in [0.717, 1.165) is 32.1 Å². The van der Waals surface area contributed by atoms with Gasteiger partial charge in [0.15, 0.2) is 6.29 Å². The molecule has 2 N–H and O–H groups in total. The third-order valence-corrected chi connectivity index (χ3v) is 3.45. The van der Waals surface area contributed by atoms with Gasteiger partial charge in [-0.3, -0.25) is 9.59 Å². The molecule has 0 bridgehead atoms. The van der Waals surface area contributed by atoms with Crippen LogP contribution in [0.5, 0.6) is 0 Å². The first-order valence-electron chi connectivity index (χ1n) is 6.91. The van der Waals surface area contributed by atoms with Crippen LogP contribution in [0.1, 0.15) is 54.2 Å². The fraction of sp³-hybridized carbons (Fsp3) is 0.615. The Labute approximate surface area is 115 Å². The van der Waals surface area contributed by atoms with E-state index in [0.29, 0.717) is 18.3 Å². The number of aromatic amines is 1. The highest BCUT2D eigenvalue weighted by Crippen LogP contribution is 2.37. The Morgan fingerprint density at radius 3 is 2.90 bits per heavy atom. The zero-order chi connectivity index (χ0) is 13.9. The molecule has 2 heterocycles. The molecule has 1 aromatic rings. The van der Waals surface area contributed by atoms with E-state index in [1.807, 2.05) is 0 Å². The molecule has 20 heavy (non-hydrogen) atoms. The summed E-state index contributed by atoms with van der Waals surface area (Å²) < 4.78 is 5.31. The molecule has 2 aliphatic rings. The summed E-state index contributed by atoms with van der Waals surface area (Å²) in [6.07, 6.45) is 5.67. The number of hydrogen-bond acceptors (Lipinski definition) is 5. The second-order valence-corrected chi connectivity index (χ2v) is 5.13. The van der Waals surface area contributed by atoms with Crippen LogP contribution in [0, 0.1) is 0 Å². The molecule has 1 atom stereocenters. The van der Waals surface area contributed by atoms with E-state index in [1.165, 1.54) is 6.20 Å². The van der Waals surface area contributed by atoms with E-state index in [9.17, 15) is 9.59 Å².